The fourth-order valence-electron chi connectivity index (χ4n) is 2.75. The van der Waals surface area contributed by atoms with Crippen molar-refractivity contribution in [3.8, 4) is 5.75 Å². The Morgan fingerprint density at radius 2 is 2.25 bits per heavy atom. The molecule has 1 aromatic rings. The van der Waals surface area contributed by atoms with Crippen molar-refractivity contribution in [1.29, 1.82) is 0 Å². The van der Waals surface area contributed by atoms with Gasteiger partial charge in [-0.3, -0.25) is 0 Å². The molecule has 126 valence electrons. The average Bonchev–Trinajstić information content (AvgIpc) is 3.01. The standard InChI is InChI=1S/C17H17BrN2O3S/c1-4-23-16(21)14-10(2)19-17-20(7-8-24-17)15(14)11-5-6-13(22-3)12(18)9-11/h5-9,15H,4H2,1-3H3. The molecule has 0 bridgehead atoms. The van der Waals surface area contributed by atoms with Crippen LogP contribution in [0.3, 0.4) is 0 Å². The molecule has 1 atom stereocenters. The van der Waals surface area contributed by atoms with Gasteiger partial charge in [-0.15, -0.1) is 0 Å². The smallest absolute Gasteiger partial charge is 0.338 e. The van der Waals surface area contributed by atoms with E-state index in [2.05, 4.69) is 20.9 Å². The number of halogens is 1. The summed E-state index contributed by atoms with van der Waals surface area (Å²) in [5.74, 6) is 0.410. The number of allylic oxidation sites excluding steroid dienone is 1. The van der Waals surface area contributed by atoms with Crippen LogP contribution in [0, 0.1) is 0 Å². The number of carbonyl (C=O) groups is 1. The number of methoxy groups -OCH3 is 1. The van der Waals surface area contributed by atoms with E-state index in [1.165, 1.54) is 0 Å². The zero-order valence-corrected chi connectivity index (χ0v) is 16.0. The highest BCUT2D eigenvalue weighted by Crippen LogP contribution is 2.42. The molecule has 0 fully saturated rings. The number of fused-ring (bicyclic) bond motifs is 1. The van der Waals surface area contributed by atoms with Gasteiger partial charge in [0, 0.05) is 6.20 Å². The van der Waals surface area contributed by atoms with Crippen LogP contribution in [0.4, 0.5) is 0 Å². The molecule has 0 N–H and O–H groups in total. The third-order valence-corrected chi connectivity index (χ3v) is 5.20. The number of esters is 1. The number of ether oxygens (including phenoxy) is 2. The van der Waals surface area contributed by atoms with Gasteiger partial charge < -0.3 is 14.4 Å². The van der Waals surface area contributed by atoms with Crippen molar-refractivity contribution in [2.45, 2.75) is 19.9 Å². The Labute approximate surface area is 153 Å². The minimum atomic E-state index is -0.333. The molecular weight excluding hydrogens is 392 g/mol. The molecule has 2 aliphatic rings. The first-order valence-electron chi connectivity index (χ1n) is 7.48. The Morgan fingerprint density at radius 1 is 1.46 bits per heavy atom. The molecule has 0 radical (unpaired) electrons. The molecule has 0 aromatic heterocycles. The number of hydrogen-bond donors (Lipinski definition) is 0. The fraction of sp³-hybridized carbons (Fsp3) is 0.294. The maximum absolute atomic E-state index is 12.5. The maximum Gasteiger partial charge on any atom is 0.338 e. The highest BCUT2D eigenvalue weighted by atomic mass is 79.9. The lowest BCUT2D eigenvalue weighted by atomic mass is 9.95. The highest BCUT2D eigenvalue weighted by Gasteiger charge is 2.37. The van der Waals surface area contributed by atoms with E-state index in [1.54, 1.807) is 25.8 Å². The molecule has 1 unspecified atom stereocenters. The molecule has 2 aliphatic heterocycles. The van der Waals surface area contributed by atoms with E-state index >= 15 is 0 Å². The Morgan fingerprint density at radius 3 is 2.92 bits per heavy atom. The summed E-state index contributed by atoms with van der Waals surface area (Å²) >= 11 is 5.06. The van der Waals surface area contributed by atoms with Crippen molar-refractivity contribution >= 4 is 38.8 Å². The highest BCUT2D eigenvalue weighted by molar-refractivity contribution is 9.10. The lowest BCUT2D eigenvalue weighted by Crippen LogP contribution is -2.34. The van der Waals surface area contributed by atoms with Crippen LogP contribution < -0.4 is 4.74 Å². The SMILES string of the molecule is CCOC(=O)C1=C(C)N=C2SC=CN2C1c1ccc(OC)c(Br)c1. The Kier molecular flexibility index (Phi) is 5.01. The van der Waals surface area contributed by atoms with Crippen molar-refractivity contribution in [2.75, 3.05) is 13.7 Å². The lowest BCUT2D eigenvalue weighted by Gasteiger charge is -2.33. The fourth-order valence-corrected chi connectivity index (χ4v) is 4.10. The minimum absolute atomic E-state index is 0.273. The van der Waals surface area contributed by atoms with Crippen molar-refractivity contribution in [3.63, 3.8) is 0 Å². The number of nitrogens with zero attached hydrogens (tertiary/aromatic N) is 2. The molecular formula is C17H17BrN2O3S. The number of amidine groups is 1. The quantitative estimate of drug-likeness (QED) is 0.697. The van der Waals surface area contributed by atoms with E-state index in [0.717, 1.165) is 21.0 Å². The van der Waals surface area contributed by atoms with Crippen LogP contribution in [-0.2, 0) is 9.53 Å². The number of hydrogen-bond acceptors (Lipinski definition) is 6. The van der Waals surface area contributed by atoms with Gasteiger partial charge >= 0.3 is 5.97 Å². The van der Waals surface area contributed by atoms with Crippen LogP contribution in [-0.4, -0.2) is 29.8 Å². The van der Waals surface area contributed by atoms with E-state index in [9.17, 15) is 4.79 Å². The summed E-state index contributed by atoms with van der Waals surface area (Å²) in [5.41, 5.74) is 2.21. The van der Waals surface area contributed by atoms with Crippen molar-refractivity contribution in [3.05, 3.63) is 51.1 Å². The van der Waals surface area contributed by atoms with Gasteiger partial charge in [0.1, 0.15) is 5.75 Å². The van der Waals surface area contributed by atoms with Crippen molar-refractivity contribution in [2.24, 2.45) is 4.99 Å². The first-order valence-corrected chi connectivity index (χ1v) is 9.15. The predicted octanol–water partition coefficient (Wildman–Crippen LogP) is 4.23. The van der Waals surface area contributed by atoms with E-state index < -0.39 is 0 Å². The molecule has 24 heavy (non-hydrogen) atoms. The van der Waals surface area contributed by atoms with Crippen LogP contribution >= 0.6 is 27.7 Å². The molecule has 5 nitrogen and oxygen atoms in total. The Bertz CT molecular complexity index is 773. The second-order valence-electron chi connectivity index (χ2n) is 5.22. The van der Waals surface area contributed by atoms with Crippen molar-refractivity contribution in [1.82, 2.24) is 4.90 Å². The van der Waals surface area contributed by atoms with E-state index in [0.29, 0.717) is 17.9 Å². The lowest BCUT2D eigenvalue weighted by molar-refractivity contribution is -0.139. The molecule has 7 heteroatoms. The average molecular weight is 409 g/mol. The van der Waals surface area contributed by atoms with Crippen molar-refractivity contribution < 1.29 is 14.3 Å². The number of benzene rings is 1. The van der Waals surface area contributed by atoms with Gasteiger partial charge in [-0.2, -0.15) is 0 Å². The summed E-state index contributed by atoms with van der Waals surface area (Å²) in [4.78, 5) is 19.1. The summed E-state index contributed by atoms with van der Waals surface area (Å²) in [6, 6.07) is 5.54. The first-order chi connectivity index (χ1) is 11.6. The van der Waals surface area contributed by atoms with Crippen LogP contribution in [0.15, 0.2) is 50.5 Å². The van der Waals surface area contributed by atoms with Gasteiger partial charge in [-0.25, -0.2) is 9.79 Å². The van der Waals surface area contributed by atoms with Crippen LogP contribution in [0.1, 0.15) is 25.5 Å². The molecule has 0 aliphatic carbocycles. The molecule has 0 saturated carbocycles. The second-order valence-corrected chi connectivity index (χ2v) is 6.95. The van der Waals surface area contributed by atoms with Crippen LogP contribution in [0.25, 0.3) is 0 Å². The van der Waals surface area contributed by atoms with Gasteiger partial charge in [0.15, 0.2) is 5.17 Å². The van der Waals surface area contributed by atoms with Gasteiger partial charge in [0.05, 0.1) is 35.5 Å². The van der Waals surface area contributed by atoms with Gasteiger partial charge in [0.2, 0.25) is 0 Å². The van der Waals surface area contributed by atoms with E-state index in [-0.39, 0.29) is 12.0 Å². The summed E-state index contributed by atoms with van der Waals surface area (Å²) < 4.78 is 11.4. The molecule has 1 aromatic carbocycles. The third kappa shape index (κ3) is 2.98. The number of thioether (sulfide) groups is 1. The molecule has 0 amide bonds. The second kappa shape index (κ2) is 7.03. The zero-order chi connectivity index (χ0) is 17.3. The summed E-state index contributed by atoms with van der Waals surface area (Å²) in [6.45, 7) is 3.98. The predicted molar refractivity (Wildman–Crippen MR) is 98.8 cm³/mol. The Hall–Kier alpha value is -1.73. The number of rotatable bonds is 4. The summed E-state index contributed by atoms with van der Waals surface area (Å²) in [5, 5.41) is 2.82. The van der Waals surface area contributed by atoms with Gasteiger partial charge in [-0.1, -0.05) is 17.8 Å². The largest absolute Gasteiger partial charge is 0.496 e. The normalized spacial score (nSPS) is 19.2. The summed E-state index contributed by atoms with van der Waals surface area (Å²) in [6.07, 6.45) is 1.94. The molecule has 0 saturated heterocycles. The molecule has 2 heterocycles. The molecule has 3 rings (SSSR count). The van der Waals surface area contributed by atoms with Gasteiger partial charge in [0.25, 0.3) is 0 Å². The van der Waals surface area contributed by atoms with E-state index in [1.807, 2.05) is 41.6 Å². The van der Waals surface area contributed by atoms with Crippen LogP contribution in [0.5, 0.6) is 5.75 Å². The monoisotopic (exact) mass is 408 g/mol. The summed E-state index contributed by atoms with van der Waals surface area (Å²) in [7, 11) is 1.62. The minimum Gasteiger partial charge on any atom is -0.496 e. The van der Waals surface area contributed by atoms with Gasteiger partial charge in [-0.05, 0) is 52.9 Å². The zero-order valence-electron chi connectivity index (χ0n) is 13.6. The third-order valence-electron chi connectivity index (χ3n) is 3.81. The van der Waals surface area contributed by atoms with E-state index in [4.69, 9.17) is 9.47 Å². The topological polar surface area (TPSA) is 51.1 Å². The number of carbonyl (C=O) groups excluding carboxylic acids is 1. The number of aliphatic imine (C=N–C) groups is 1. The first kappa shape index (κ1) is 17.1. The Balaban J connectivity index is 2.10. The molecule has 0 spiro atoms. The maximum atomic E-state index is 12.5. The van der Waals surface area contributed by atoms with Crippen LogP contribution in [0.2, 0.25) is 0 Å².